The van der Waals surface area contributed by atoms with Crippen molar-refractivity contribution in [2.75, 3.05) is 0 Å². The van der Waals surface area contributed by atoms with Crippen LogP contribution in [0.4, 0.5) is 0 Å². The lowest BCUT2D eigenvalue weighted by atomic mass is 9.92. The Morgan fingerprint density at radius 2 is 0.553 bits per heavy atom. The summed E-state index contributed by atoms with van der Waals surface area (Å²) in [6.45, 7) is 0. The van der Waals surface area contributed by atoms with Gasteiger partial charge in [-0.05, 0) is 130 Å². The van der Waals surface area contributed by atoms with Gasteiger partial charge in [-0.25, -0.2) is 0 Å². The summed E-state index contributed by atoms with van der Waals surface area (Å²) < 4.78 is 0. The zero-order valence-corrected chi connectivity index (χ0v) is 26.7. The molecule has 3 aliphatic rings. The van der Waals surface area contributed by atoms with Crippen LogP contribution in [-0.4, -0.2) is 0 Å². The molecule has 7 aromatic carbocycles. The van der Waals surface area contributed by atoms with Crippen LogP contribution in [-0.2, 0) is 32.1 Å². The van der Waals surface area contributed by atoms with Crippen molar-refractivity contribution < 1.29 is 0 Å². The van der Waals surface area contributed by atoms with E-state index in [2.05, 4.69) is 158 Å². The fourth-order valence-electron chi connectivity index (χ4n) is 7.15. The molecule has 0 saturated heterocycles. The standard InChI is InChI=1S/C14H10.C13H10.C10H12.C9H10.CH4/c1-2-6-12-10-14-8-4-3-7-13(14)9-11(12)5-1;1-3-7-12-10(5-1)9-11-6-2-4-8-13(11)12;1-2-6-10-8-4-3-7-9(10)5-1;1-2-5-9-7-3-6-8(9)4-1;/h1-10H;1-8H,9H2;1-2,5-6H,3-4,7-8H2;1-2,4-5H,3,6-7H2;1H4. The van der Waals surface area contributed by atoms with Gasteiger partial charge < -0.3 is 0 Å². The number of fused-ring (bicyclic) bond motifs is 7. The molecule has 0 nitrogen and oxygen atoms in total. The van der Waals surface area contributed by atoms with Crippen molar-refractivity contribution in [2.24, 2.45) is 0 Å². The summed E-state index contributed by atoms with van der Waals surface area (Å²) >= 11 is 0. The summed E-state index contributed by atoms with van der Waals surface area (Å²) in [7, 11) is 0. The fraction of sp³-hybridized carbons (Fsp3) is 0.191. The van der Waals surface area contributed by atoms with Crippen LogP contribution in [0.5, 0.6) is 0 Å². The molecule has 0 fully saturated rings. The maximum atomic E-state index is 2.26. The van der Waals surface area contributed by atoms with Crippen molar-refractivity contribution in [3.63, 3.8) is 0 Å². The van der Waals surface area contributed by atoms with Gasteiger partial charge in [0.05, 0.1) is 0 Å². The zero-order chi connectivity index (χ0) is 31.0. The van der Waals surface area contributed by atoms with Gasteiger partial charge in [0.15, 0.2) is 0 Å². The second kappa shape index (κ2) is 15.6. The van der Waals surface area contributed by atoms with Crippen molar-refractivity contribution >= 4 is 21.5 Å². The fourth-order valence-corrected chi connectivity index (χ4v) is 7.15. The maximum Gasteiger partial charge on any atom is -0.00135 e. The van der Waals surface area contributed by atoms with Crippen molar-refractivity contribution in [3.8, 4) is 11.1 Å². The van der Waals surface area contributed by atoms with Crippen LogP contribution in [0.25, 0.3) is 32.7 Å². The van der Waals surface area contributed by atoms with Crippen LogP contribution in [0, 0.1) is 0 Å². The first-order valence-corrected chi connectivity index (χ1v) is 17.0. The minimum Gasteiger partial charge on any atom is -0.0776 e. The monoisotopic (exact) mass is 610 g/mol. The molecular weight excluding hydrogens is 565 g/mol. The predicted molar refractivity (Wildman–Crippen MR) is 204 cm³/mol. The first-order chi connectivity index (χ1) is 22.8. The first-order valence-electron chi connectivity index (χ1n) is 17.0. The van der Waals surface area contributed by atoms with E-state index < -0.39 is 0 Å². The van der Waals surface area contributed by atoms with E-state index in [1.165, 1.54) is 88.7 Å². The Morgan fingerprint density at radius 3 is 0.915 bits per heavy atom. The molecule has 0 heteroatoms. The van der Waals surface area contributed by atoms with Crippen molar-refractivity contribution in [1.82, 2.24) is 0 Å². The third-order valence-electron chi connectivity index (χ3n) is 9.59. The normalized spacial score (nSPS) is 13.1. The van der Waals surface area contributed by atoms with Crippen LogP contribution < -0.4 is 0 Å². The molecule has 0 saturated carbocycles. The molecule has 3 aliphatic carbocycles. The highest BCUT2D eigenvalue weighted by Crippen LogP contribution is 2.35. The van der Waals surface area contributed by atoms with Crippen LogP contribution >= 0.6 is 0 Å². The molecule has 10 rings (SSSR count). The summed E-state index contributed by atoms with van der Waals surface area (Å²) in [4.78, 5) is 0. The van der Waals surface area contributed by atoms with Crippen LogP contribution in [0.3, 0.4) is 0 Å². The van der Waals surface area contributed by atoms with Gasteiger partial charge in [0.1, 0.15) is 0 Å². The summed E-state index contributed by atoms with van der Waals surface area (Å²) in [6.07, 6.45) is 10.4. The largest absolute Gasteiger partial charge is 0.0776 e. The van der Waals surface area contributed by atoms with Crippen molar-refractivity contribution in [3.05, 3.63) is 191 Å². The molecule has 0 spiro atoms. The van der Waals surface area contributed by atoms with Crippen molar-refractivity contribution in [2.45, 2.75) is 58.8 Å². The molecule has 7 aromatic rings. The molecular formula is C47H46. The molecule has 0 heterocycles. The Bertz CT molecular complexity index is 1870. The third kappa shape index (κ3) is 7.72. The number of hydrogen-bond acceptors (Lipinski definition) is 0. The Hall–Kier alpha value is -4.94. The number of benzene rings is 7. The summed E-state index contributed by atoms with van der Waals surface area (Å²) in [5, 5.41) is 5.25. The Morgan fingerprint density at radius 1 is 0.277 bits per heavy atom. The molecule has 0 aliphatic heterocycles. The van der Waals surface area contributed by atoms with Gasteiger partial charge in [-0.15, -0.1) is 0 Å². The lowest BCUT2D eigenvalue weighted by molar-refractivity contribution is 0.685. The molecule has 0 amide bonds. The summed E-state index contributed by atoms with van der Waals surface area (Å²) in [5.74, 6) is 0. The minimum absolute atomic E-state index is 0. The molecule has 0 N–H and O–H groups in total. The Labute approximate surface area is 281 Å². The van der Waals surface area contributed by atoms with Crippen molar-refractivity contribution in [1.29, 1.82) is 0 Å². The van der Waals surface area contributed by atoms with E-state index in [1.54, 1.807) is 22.3 Å². The Balaban J connectivity index is 0.000000110. The Kier molecular flexibility index (Phi) is 10.6. The SMILES string of the molecule is C.c1ccc2c(c1)CCC2.c1ccc2c(c1)CCCC2.c1ccc2c(c1)Cc1ccccc1-2.c1ccc2cc3ccccc3cc2c1. The highest BCUT2D eigenvalue weighted by atomic mass is 14.2. The van der Waals surface area contributed by atoms with Gasteiger partial charge in [0.25, 0.3) is 0 Å². The number of hydrogen-bond donors (Lipinski definition) is 0. The van der Waals surface area contributed by atoms with Crippen LogP contribution in [0.2, 0.25) is 0 Å². The van der Waals surface area contributed by atoms with Gasteiger partial charge in [0, 0.05) is 0 Å². The average molecular weight is 611 g/mol. The average Bonchev–Trinajstić information content (AvgIpc) is 3.77. The maximum absolute atomic E-state index is 2.26. The van der Waals surface area contributed by atoms with Gasteiger partial charge >= 0.3 is 0 Å². The lowest BCUT2D eigenvalue weighted by Gasteiger charge is -2.13. The highest BCUT2D eigenvalue weighted by Gasteiger charge is 2.16. The molecule has 0 bridgehead atoms. The minimum atomic E-state index is 0. The van der Waals surface area contributed by atoms with Gasteiger partial charge in [-0.3, -0.25) is 0 Å². The van der Waals surface area contributed by atoms with Gasteiger partial charge in [-0.2, -0.15) is 0 Å². The van der Waals surface area contributed by atoms with E-state index in [0.717, 1.165) is 6.42 Å². The molecule has 0 aromatic heterocycles. The lowest BCUT2D eigenvalue weighted by Crippen LogP contribution is -2.00. The topological polar surface area (TPSA) is 0 Å². The predicted octanol–water partition coefficient (Wildman–Crippen LogP) is 12.6. The molecule has 0 radical (unpaired) electrons. The van der Waals surface area contributed by atoms with E-state index in [0.29, 0.717) is 0 Å². The third-order valence-corrected chi connectivity index (χ3v) is 9.59. The van der Waals surface area contributed by atoms with E-state index in [1.807, 2.05) is 0 Å². The van der Waals surface area contributed by atoms with Crippen LogP contribution in [0.1, 0.15) is 60.1 Å². The van der Waals surface area contributed by atoms with Gasteiger partial charge in [-0.1, -0.05) is 153 Å². The summed E-state index contributed by atoms with van der Waals surface area (Å²) in [5.41, 5.74) is 12.0. The van der Waals surface area contributed by atoms with E-state index in [-0.39, 0.29) is 7.43 Å². The molecule has 0 unspecified atom stereocenters. The second-order valence-electron chi connectivity index (χ2n) is 12.6. The van der Waals surface area contributed by atoms with E-state index >= 15 is 0 Å². The van der Waals surface area contributed by atoms with Gasteiger partial charge in [0.2, 0.25) is 0 Å². The molecule has 47 heavy (non-hydrogen) atoms. The smallest absolute Gasteiger partial charge is 0.00135 e. The van der Waals surface area contributed by atoms with E-state index in [4.69, 9.17) is 0 Å². The summed E-state index contributed by atoms with van der Waals surface area (Å²) in [6, 6.07) is 56.3. The highest BCUT2D eigenvalue weighted by molar-refractivity contribution is 5.98. The van der Waals surface area contributed by atoms with Crippen LogP contribution in [0.15, 0.2) is 158 Å². The quantitative estimate of drug-likeness (QED) is 0.150. The molecule has 234 valence electrons. The number of aryl methyl sites for hydroxylation is 4. The number of rotatable bonds is 0. The second-order valence-corrected chi connectivity index (χ2v) is 12.6. The first kappa shape index (κ1) is 32.0. The zero-order valence-electron chi connectivity index (χ0n) is 26.7. The molecule has 0 atom stereocenters. The van der Waals surface area contributed by atoms with E-state index in [9.17, 15) is 0 Å².